The first-order valence-electron chi connectivity index (χ1n) is 10.0. The summed E-state index contributed by atoms with van der Waals surface area (Å²) in [5, 5.41) is 0. The Balaban J connectivity index is 2.32. The van der Waals surface area contributed by atoms with E-state index >= 15 is 0 Å². The zero-order valence-corrected chi connectivity index (χ0v) is 16.5. The summed E-state index contributed by atoms with van der Waals surface area (Å²) >= 11 is 0. The second-order valence-corrected chi connectivity index (χ2v) is 7.00. The molecule has 0 aromatic heterocycles. The minimum absolute atomic E-state index is 0.358. The van der Waals surface area contributed by atoms with Crippen LogP contribution in [0, 0.1) is 5.92 Å². The van der Waals surface area contributed by atoms with Crippen molar-refractivity contribution in [3.05, 3.63) is 0 Å². The van der Waals surface area contributed by atoms with Gasteiger partial charge in [0.1, 0.15) is 6.10 Å². The molecule has 0 amide bonds. The molecule has 0 radical (unpaired) electrons. The molecule has 1 unspecified atom stereocenters. The van der Waals surface area contributed by atoms with E-state index in [4.69, 9.17) is 18.9 Å². The summed E-state index contributed by atoms with van der Waals surface area (Å²) in [5.74, 6) is -0.00677. The number of unbranched alkanes of at least 4 members (excludes halogenated alkanes) is 5. The van der Waals surface area contributed by atoms with Gasteiger partial charge in [0.05, 0.1) is 13.2 Å². The van der Waals surface area contributed by atoms with Crippen molar-refractivity contribution in [3.63, 3.8) is 0 Å². The van der Waals surface area contributed by atoms with Gasteiger partial charge in [-0.3, -0.25) is 0 Å². The van der Waals surface area contributed by atoms with Crippen LogP contribution in [0.25, 0.3) is 0 Å². The van der Waals surface area contributed by atoms with E-state index in [9.17, 15) is 0 Å². The van der Waals surface area contributed by atoms with Gasteiger partial charge < -0.3 is 18.9 Å². The summed E-state index contributed by atoms with van der Waals surface area (Å²) in [6, 6.07) is 0. The van der Waals surface area contributed by atoms with Crippen LogP contribution in [0.1, 0.15) is 78.1 Å². The number of hydrogen-bond acceptors (Lipinski definition) is 4. The van der Waals surface area contributed by atoms with Crippen LogP contribution in [-0.4, -0.2) is 45.9 Å². The van der Waals surface area contributed by atoms with Gasteiger partial charge in [0.15, 0.2) is 5.79 Å². The molecule has 0 saturated carbocycles. The molecule has 0 spiro atoms. The fourth-order valence-electron chi connectivity index (χ4n) is 3.56. The van der Waals surface area contributed by atoms with Crippen LogP contribution in [0.5, 0.6) is 0 Å². The summed E-state index contributed by atoms with van der Waals surface area (Å²) < 4.78 is 22.5. The van der Waals surface area contributed by atoms with E-state index in [0.717, 1.165) is 39.1 Å². The fraction of sp³-hybridized carbons (Fsp3) is 1.00. The Bertz CT molecular complexity index is 279. The third-order valence-electron chi connectivity index (χ3n) is 5.26. The molecule has 1 fully saturated rings. The Kier molecular flexibility index (Phi) is 11.9. The summed E-state index contributed by atoms with van der Waals surface area (Å²) in [6.07, 6.45) is 12.5. The van der Waals surface area contributed by atoms with Crippen LogP contribution in [-0.2, 0) is 18.9 Å². The molecule has 0 aromatic carbocycles. The minimum atomic E-state index is -0.441. The smallest absolute Gasteiger partial charge is 0.170 e. The van der Waals surface area contributed by atoms with Gasteiger partial charge in [-0.1, -0.05) is 52.4 Å². The maximum Gasteiger partial charge on any atom is 0.170 e. The number of epoxide rings is 1. The SMILES string of the molecule is CCCCCCCC[C@H](CCCOCC1CO1)C(CC)(OC)OC. The molecular weight excluding hydrogens is 304 g/mol. The lowest BCUT2D eigenvalue weighted by molar-refractivity contribution is -0.244. The molecule has 1 saturated heterocycles. The molecule has 0 aliphatic carbocycles. The van der Waals surface area contributed by atoms with E-state index in [1.165, 1.54) is 44.9 Å². The molecule has 0 aromatic rings. The predicted molar refractivity (Wildman–Crippen MR) is 98.3 cm³/mol. The largest absolute Gasteiger partial charge is 0.379 e. The lowest BCUT2D eigenvalue weighted by atomic mass is 9.86. The van der Waals surface area contributed by atoms with E-state index < -0.39 is 5.79 Å². The van der Waals surface area contributed by atoms with Crippen molar-refractivity contribution in [1.29, 1.82) is 0 Å². The molecule has 1 aliphatic rings. The molecule has 1 heterocycles. The monoisotopic (exact) mass is 344 g/mol. The Morgan fingerprint density at radius 2 is 1.58 bits per heavy atom. The van der Waals surface area contributed by atoms with Crippen molar-refractivity contribution in [3.8, 4) is 0 Å². The number of rotatable bonds is 17. The van der Waals surface area contributed by atoms with E-state index in [-0.39, 0.29) is 0 Å². The molecule has 24 heavy (non-hydrogen) atoms. The van der Waals surface area contributed by atoms with Gasteiger partial charge in [-0.2, -0.15) is 0 Å². The van der Waals surface area contributed by atoms with E-state index in [1.807, 2.05) is 0 Å². The summed E-state index contributed by atoms with van der Waals surface area (Å²) in [7, 11) is 3.56. The predicted octanol–water partition coefficient (Wildman–Crippen LogP) is 4.95. The van der Waals surface area contributed by atoms with Crippen molar-refractivity contribution in [2.24, 2.45) is 5.92 Å². The first kappa shape index (κ1) is 21.9. The first-order chi connectivity index (χ1) is 11.7. The molecule has 1 aliphatic heterocycles. The van der Waals surface area contributed by atoms with Crippen LogP contribution in [0.2, 0.25) is 0 Å². The van der Waals surface area contributed by atoms with E-state index in [1.54, 1.807) is 14.2 Å². The molecule has 0 bridgehead atoms. The van der Waals surface area contributed by atoms with Crippen LogP contribution >= 0.6 is 0 Å². The van der Waals surface area contributed by atoms with Crippen molar-refractivity contribution >= 4 is 0 Å². The van der Waals surface area contributed by atoms with Crippen molar-refractivity contribution in [2.45, 2.75) is 89.9 Å². The van der Waals surface area contributed by atoms with Crippen LogP contribution in [0.15, 0.2) is 0 Å². The Morgan fingerprint density at radius 1 is 0.958 bits per heavy atom. The summed E-state index contributed by atoms with van der Waals surface area (Å²) in [5.41, 5.74) is 0. The topological polar surface area (TPSA) is 40.2 Å². The van der Waals surface area contributed by atoms with Crippen molar-refractivity contribution in [2.75, 3.05) is 34.0 Å². The number of ether oxygens (including phenoxy) is 4. The van der Waals surface area contributed by atoms with Gasteiger partial charge in [0.2, 0.25) is 0 Å². The number of methoxy groups -OCH3 is 2. The average molecular weight is 345 g/mol. The van der Waals surface area contributed by atoms with E-state index in [0.29, 0.717) is 12.0 Å². The van der Waals surface area contributed by atoms with Gasteiger partial charge >= 0.3 is 0 Å². The van der Waals surface area contributed by atoms with Gasteiger partial charge in [-0.05, 0) is 25.7 Å². The molecule has 4 heteroatoms. The molecule has 0 N–H and O–H groups in total. The van der Waals surface area contributed by atoms with Crippen LogP contribution < -0.4 is 0 Å². The van der Waals surface area contributed by atoms with Crippen LogP contribution in [0.3, 0.4) is 0 Å². The van der Waals surface area contributed by atoms with Crippen LogP contribution in [0.4, 0.5) is 0 Å². The lowest BCUT2D eigenvalue weighted by Crippen LogP contribution is -2.41. The first-order valence-corrected chi connectivity index (χ1v) is 10.0. The van der Waals surface area contributed by atoms with Gasteiger partial charge in [-0.25, -0.2) is 0 Å². The Labute approximate surface area is 149 Å². The highest BCUT2D eigenvalue weighted by atomic mass is 16.7. The zero-order chi connectivity index (χ0) is 17.7. The summed E-state index contributed by atoms with van der Waals surface area (Å²) in [6.45, 7) is 6.84. The van der Waals surface area contributed by atoms with E-state index in [2.05, 4.69) is 13.8 Å². The normalized spacial score (nSPS) is 18.8. The molecule has 2 atom stereocenters. The van der Waals surface area contributed by atoms with Gasteiger partial charge in [-0.15, -0.1) is 0 Å². The third kappa shape index (κ3) is 8.28. The molecule has 144 valence electrons. The standard InChI is InChI=1S/C20H40O4/c1-5-7-8-9-10-11-13-18(20(6-2,21-3)22-4)14-12-15-23-16-19-17-24-19/h18-19H,5-17H2,1-4H3/t18-,19?/m1/s1. The molecular formula is C20H40O4. The number of hydrogen-bond donors (Lipinski definition) is 0. The van der Waals surface area contributed by atoms with Gasteiger partial charge in [0, 0.05) is 26.7 Å². The third-order valence-corrected chi connectivity index (χ3v) is 5.26. The average Bonchev–Trinajstić information content (AvgIpc) is 3.43. The van der Waals surface area contributed by atoms with Crippen molar-refractivity contribution in [1.82, 2.24) is 0 Å². The maximum absolute atomic E-state index is 5.82. The minimum Gasteiger partial charge on any atom is -0.379 e. The molecule has 1 rings (SSSR count). The highest BCUT2D eigenvalue weighted by Crippen LogP contribution is 2.34. The zero-order valence-electron chi connectivity index (χ0n) is 16.5. The van der Waals surface area contributed by atoms with Gasteiger partial charge in [0.25, 0.3) is 0 Å². The molecule has 4 nitrogen and oxygen atoms in total. The Morgan fingerprint density at radius 3 is 2.17 bits per heavy atom. The quantitative estimate of drug-likeness (QED) is 0.213. The lowest BCUT2D eigenvalue weighted by Gasteiger charge is -2.38. The maximum atomic E-state index is 5.82. The second kappa shape index (κ2) is 13.1. The second-order valence-electron chi connectivity index (χ2n) is 7.00. The highest BCUT2D eigenvalue weighted by Gasteiger charge is 2.36. The highest BCUT2D eigenvalue weighted by molar-refractivity contribution is 4.78. The Hall–Kier alpha value is -0.160. The van der Waals surface area contributed by atoms with Crippen molar-refractivity contribution < 1.29 is 18.9 Å². The fourth-order valence-corrected chi connectivity index (χ4v) is 3.56. The summed E-state index contributed by atoms with van der Waals surface area (Å²) in [4.78, 5) is 0.